The first-order valence-corrected chi connectivity index (χ1v) is 5.60. The van der Waals surface area contributed by atoms with Gasteiger partial charge in [0, 0.05) is 13.6 Å². The van der Waals surface area contributed by atoms with E-state index in [0.29, 0.717) is 6.54 Å². The molecule has 0 saturated carbocycles. The van der Waals surface area contributed by atoms with Crippen molar-refractivity contribution in [3.05, 3.63) is 29.3 Å². The van der Waals surface area contributed by atoms with E-state index in [1.54, 1.807) is 7.05 Å². The Morgan fingerprint density at radius 2 is 1.94 bits per heavy atom. The summed E-state index contributed by atoms with van der Waals surface area (Å²) in [5, 5.41) is 8.72. The van der Waals surface area contributed by atoms with Gasteiger partial charge in [0.25, 0.3) is 5.91 Å². The molecule has 17 heavy (non-hydrogen) atoms. The molecule has 0 atom stereocenters. The van der Waals surface area contributed by atoms with Gasteiger partial charge in [0.15, 0.2) is 6.61 Å². The van der Waals surface area contributed by atoms with Crippen LogP contribution in [0.5, 0.6) is 5.75 Å². The molecule has 0 heterocycles. The van der Waals surface area contributed by atoms with Crippen LogP contribution in [-0.4, -0.2) is 42.7 Å². The van der Waals surface area contributed by atoms with Gasteiger partial charge in [0.1, 0.15) is 5.75 Å². The molecule has 1 amide bonds. The van der Waals surface area contributed by atoms with E-state index in [0.717, 1.165) is 16.9 Å². The Morgan fingerprint density at radius 3 is 2.47 bits per heavy atom. The minimum atomic E-state index is -0.137. The molecule has 1 aromatic rings. The van der Waals surface area contributed by atoms with Crippen LogP contribution in [0.1, 0.15) is 11.1 Å². The number of aryl methyl sites for hydroxylation is 2. The second kappa shape index (κ2) is 6.25. The number of ether oxygens (including phenoxy) is 1. The van der Waals surface area contributed by atoms with Crippen LogP contribution >= 0.6 is 0 Å². The van der Waals surface area contributed by atoms with Gasteiger partial charge < -0.3 is 14.7 Å². The number of carbonyl (C=O) groups excluding carboxylic acids is 1. The van der Waals surface area contributed by atoms with E-state index in [2.05, 4.69) is 0 Å². The number of hydrogen-bond donors (Lipinski definition) is 1. The number of likely N-dealkylation sites (N-methyl/N-ethyl adjacent to an activating group) is 1. The van der Waals surface area contributed by atoms with Crippen molar-refractivity contribution in [2.75, 3.05) is 26.8 Å². The molecule has 1 rings (SSSR count). The van der Waals surface area contributed by atoms with E-state index in [1.165, 1.54) is 4.90 Å². The maximum absolute atomic E-state index is 11.6. The first-order chi connectivity index (χ1) is 8.06. The number of aliphatic hydroxyl groups is 1. The van der Waals surface area contributed by atoms with Gasteiger partial charge in [0.05, 0.1) is 6.61 Å². The Labute approximate surface area is 102 Å². The van der Waals surface area contributed by atoms with Crippen molar-refractivity contribution < 1.29 is 14.6 Å². The largest absolute Gasteiger partial charge is 0.483 e. The minimum Gasteiger partial charge on any atom is -0.483 e. The fourth-order valence-electron chi connectivity index (χ4n) is 1.55. The first kappa shape index (κ1) is 13.5. The standard InChI is InChI=1S/C13H19NO3/c1-10-5-4-6-11(2)13(10)17-9-12(16)14(3)7-8-15/h4-6,15H,7-9H2,1-3H3. The lowest BCUT2D eigenvalue weighted by atomic mass is 10.1. The molecule has 0 radical (unpaired) electrons. The van der Waals surface area contributed by atoms with E-state index >= 15 is 0 Å². The number of nitrogens with zero attached hydrogens (tertiary/aromatic N) is 1. The molecule has 0 saturated heterocycles. The third-order valence-electron chi connectivity index (χ3n) is 2.61. The molecular formula is C13H19NO3. The van der Waals surface area contributed by atoms with Crippen molar-refractivity contribution in [1.29, 1.82) is 0 Å². The summed E-state index contributed by atoms with van der Waals surface area (Å²) in [4.78, 5) is 13.1. The number of amides is 1. The van der Waals surface area contributed by atoms with E-state index in [-0.39, 0.29) is 19.1 Å². The van der Waals surface area contributed by atoms with Crippen LogP contribution < -0.4 is 4.74 Å². The molecule has 1 N–H and O–H groups in total. The molecule has 0 aliphatic rings. The molecule has 0 fully saturated rings. The van der Waals surface area contributed by atoms with Gasteiger partial charge in [-0.1, -0.05) is 18.2 Å². The fourth-order valence-corrected chi connectivity index (χ4v) is 1.55. The van der Waals surface area contributed by atoms with Crippen molar-refractivity contribution in [2.24, 2.45) is 0 Å². The molecule has 0 spiro atoms. The first-order valence-electron chi connectivity index (χ1n) is 5.60. The van der Waals surface area contributed by atoms with Gasteiger partial charge in [-0.05, 0) is 25.0 Å². The number of aliphatic hydroxyl groups excluding tert-OH is 1. The van der Waals surface area contributed by atoms with Crippen LogP contribution in [0.4, 0.5) is 0 Å². The van der Waals surface area contributed by atoms with Crippen molar-refractivity contribution in [3.8, 4) is 5.75 Å². The molecule has 1 aromatic carbocycles. The lowest BCUT2D eigenvalue weighted by molar-refractivity contribution is -0.132. The normalized spacial score (nSPS) is 10.1. The Balaban J connectivity index is 2.59. The SMILES string of the molecule is Cc1cccc(C)c1OCC(=O)N(C)CCO. The lowest BCUT2D eigenvalue weighted by Crippen LogP contribution is -2.33. The molecule has 0 aromatic heterocycles. The lowest BCUT2D eigenvalue weighted by Gasteiger charge is -2.17. The van der Waals surface area contributed by atoms with Crippen LogP contribution in [0.3, 0.4) is 0 Å². The molecule has 0 aliphatic heterocycles. The summed E-state index contributed by atoms with van der Waals surface area (Å²) in [6.07, 6.45) is 0. The minimum absolute atomic E-state index is 0.00218. The Morgan fingerprint density at radius 1 is 1.35 bits per heavy atom. The van der Waals surface area contributed by atoms with Crippen molar-refractivity contribution in [3.63, 3.8) is 0 Å². The van der Waals surface area contributed by atoms with E-state index < -0.39 is 0 Å². The monoisotopic (exact) mass is 237 g/mol. The highest BCUT2D eigenvalue weighted by atomic mass is 16.5. The number of hydrogen-bond acceptors (Lipinski definition) is 3. The molecule has 0 aliphatic carbocycles. The highest BCUT2D eigenvalue weighted by molar-refractivity contribution is 5.77. The summed E-state index contributed by atoms with van der Waals surface area (Å²) in [7, 11) is 1.65. The fraction of sp³-hybridized carbons (Fsp3) is 0.462. The topological polar surface area (TPSA) is 49.8 Å². The smallest absolute Gasteiger partial charge is 0.260 e. The third-order valence-corrected chi connectivity index (χ3v) is 2.61. The summed E-state index contributed by atoms with van der Waals surface area (Å²) in [6.45, 7) is 4.19. The molecule has 4 nitrogen and oxygen atoms in total. The molecule has 0 bridgehead atoms. The summed E-state index contributed by atoms with van der Waals surface area (Å²) in [5.41, 5.74) is 2.03. The third kappa shape index (κ3) is 3.75. The Kier molecular flexibility index (Phi) is 4.97. The second-order valence-corrected chi connectivity index (χ2v) is 4.05. The van der Waals surface area contributed by atoms with Gasteiger partial charge in [-0.3, -0.25) is 4.79 Å². The molecule has 94 valence electrons. The van der Waals surface area contributed by atoms with Crippen LogP contribution in [0.15, 0.2) is 18.2 Å². The summed E-state index contributed by atoms with van der Waals surface area (Å²) >= 11 is 0. The zero-order valence-electron chi connectivity index (χ0n) is 10.6. The van der Waals surface area contributed by atoms with Crippen molar-refractivity contribution >= 4 is 5.91 Å². The van der Waals surface area contributed by atoms with Crippen LogP contribution in [-0.2, 0) is 4.79 Å². The zero-order chi connectivity index (χ0) is 12.8. The van der Waals surface area contributed by atoms with Gasteiger partial charge in [-0.15, -0.1) is 0 Å². The average molecular weight is 237 g/mol. The maximum Gasteiger partial charge on any atom is 0.260 e. The van der Waals surface area contributed by atoms with E-state index in [4.69, 9.17) is 9.84 Å². The zero-order valence-corrected chi connectivity index (χ0v) is 10.6. The van der Waals surface area contributed by atoms with Crippen LogP contribution in [0.25, 0.3) is 0 Å². The average Bonchev–Trinajstić information content (AvgIpc) is 2.28. The van der Waals surface area contributed by atoms with Gasteiger partial charge in [-0.25, -0.2) is 0 Å². The van der Waals surface area contributed by atoms with Crippen molar-refractivity contribution in [1.82, 2.24) is 4.90 Å². The molecular weight excluding hydrogens is 218 g/mol. The highest BCUT2D eigenvalue weighted by Gasteiger charge is 2.10. The number of rotatable bonds is 5. The Hall–Kier alpha value is -1.55. The van der Waals surface area contributed by atoms with Crippen LogP contribution in [0.2, 0.25) is 0 Å². The Bertz CT molecular complexity index is 370. The van der Waals surface area contributed by atoms with E-state index in [9.17, 15) is 4.79 Å². The summed E-state index contributed by atoms with van der Waals surface area (Å²) in [6, 6.07) is 5.85. The van der Waals surface area contributed by atoms with E-state index in [1.807, 2.05) is 32.0 Å². The number of para-hydroxylation sites is 1. The summed E-state index contributed by atoms with van der Waals surface area (Å²) in [5.74, 6) is 0.625. The maximum atomic E-state index is 11.6. The molecule has 0 unspecified atom stereocenters. The van der Waals surface area contributed by atoms with Crippen LogP contribution in [0, 0.1) is 13.8 Å². The highest BCUT2D eigenvalue weighted by Crippen LogP contribution is 2.22. The van der Waals surface area contributed by atoms with Gasteiger partial charge in [0.2, 0.25) is 0 Å². The molecule has 4 heteroatoms. The quantitative estimate of drug-likeness (QED) is 0.835. The van der Waals surface area contributed by atoms with Gasteiger partial charge in [-0.2, -0.15) is 0 Å². The number of benzene rings is 1. The van der Waals surface area contributed by atoms with Crippen molar-refractivity contribution in [2.45, 2.75) is 13.8 Å². The predicted octanol–water partition coefficient (Wildman–Crippen LogP) is 1.13. The van der Waals surface area contributed by atoms with Gasteiger partial charge >= 0.3 is 0 Å². The summed E-state index contributed by atoms with van der Waals surface area (Å²) < 4.78 is 5.52. The number of carbonyl (C=O) groups is 1. The second-order valence-electron chi connectivity index (χ2n) is 4.05. The predicted molar refractivity (Wildman–Crippen MR) is 66.1 cm³/mol.